The highest BCUT2D eigenvalue weighted by atomic mass is 16.3. The third kappa shape index (κ3) is 4.01. The molecule has 1 unspecified atom stereocenters. The van der Waals surface area contributed by atoms with Crippen molar-refractivity contribution in [3.63, 3.8) is 0 Å². The lowest BCUT2D eigenvalue weighted by atomic mass is 10.00. The number of aliphatic hydroxyl groups excluding tert-OH is 1. The van der Waals surface area contributed by atoms with Crippen LogP contribution in [0.4, 0.5) is 0 Å². The molecule has 0 fully saturated rings. The summed E-state index contributed by atoms with van der Waals surface area (Å²) in [7, 11) is 0. The highest BCUT2D eigenvalue weighted by Crippen LogP contribution is 2.18. The Bertz CT molecular complexity index is 698. The van der Waals surface area contributed by atoms with E-state index in [4.69, 9.17) is 0 Å². The third-order valence-corrected chi connectivity index (χ3v) is 4.40. The van der Waals surface area contributed by atoms with E-state index in [-0.39, 0.29) is 12.5 Å². The summed E-state index contributed by atoms with van der Waals surface area (Å²) in [6, 6.07) is 8.43. The van der Waals surface area contributed by atoms with Crippen LogP contribution in [-0.4, -0.2) is 51.4 Å². The molecular formula is C18H24N4O2. The second-order valence-corrected chi connectivity index (χ2v) is 6.20. The van der Waals surface area contributed by atoms with Gasteiger partial charge in [0.1, 0.15) is 0 Å². The smallest absolute Gasteiger partial charge is 0.254 e. The molecule has 2 aromatic rings. The SMILES string of the molecule is CCn1cc(C(=O)NCC(O)CN2CCc3ccccc3C2)cn1. The number of nitrogens with one attached hydrogen (secondary N) is 1. The fourth-order valence-electron chi connectivity index (χ4n) is 3.04. The number of nitrogens with zero attached hydrogens (tertiary/aromatic N) is 3. The van der Waals surface area contributed by atoms with Crippen LogP contribution in [-0.2, 0) is 19.5 Å². The van der Waals surface area contributed by atoms with Gasteiger partial charge in [-0.1, -0.05) is 24.3 Å². The summed E-state index contributed by atoms with van der Waals surface area (Å²) in [4.78, 5) is 14.3. The Balaban J connectivity index is 1.46. The number of aryl methyl sites for hydroxylation is 1. The van der Waals surface area contributed by atoms with E-state index in [1.165, 1.54) is 11.1 Å². The molecule has 1 aliphatic rings. The first-order valence-corrected chi connectivity index (χ1v) is 8.43. The summed E-state index contributed by atoms with van der Waals surface area (Å²) in [5.74, 6) is -0.197. The minimum atomic E-state index is -0.583. The number of aliphatic hydroxyl groups is 1. The van der Waals surface area contributed by atoms with Crippen LogP contribution in [0.1, 0.15) is 28.4 Å². The van der Waals surface area contributed by atoms with E-state index >= 15 is 0 Å². The third-order valence-electron chi connectivity index (χ3n) is 4.40. The van der Waals surface area contributed by atoms with Gasteiger partial charge in [0.05, 0.1) is 17.9 Å². The molecule has 2 N–H and O–H groups in total. The number of hydrogen-bond acceptors (Lipinski definition) is 4. The minimum absolute atomic E-state index is 0.197. The molecule has 128 valence electrons. The van der Waals surface area contributed by atoms with E-state index in [9.17, 15) is 9.90 Å². The molecule has 0 saturated carbocycles. The predicted molar refractivity (Wildman–Crippen MR) is 91.7 cm³/mol. The van der Waals surface area contributed by atoms with E-state index in [1.807, 2.05) is 6.92 Å². The number of carbonyl (C=O) groups is 1. The molecule has 0 saturated heterocycles. The van der Waals surface area contributed by atoms with Crippen molar-refractivity contribution in [3.8, 4) is 0 Å². The number of benzene rings is 1. The maximum absolute atomic E-state index is 12.0. The number of rotatable bonds is 6. The van der Waals surface area contributed by atoms with Gasteiger partial charge < -0.3 is 10.4 Å². The van der Waals surface area contributed by atoms with Crippen molar-refractivity contribution in [1.29, 1.82) is 0 Å². The molecule has 1 aliphatic heterocycles. The van der Waals surface area contributed by atoms with E-state index in [1.54, 1.807) is 17.1 Å². The van der Waals surface area contributed by atoms with Crippen LogP contribution in [0.25, 0.3) is 0 Å². The molecular weight excluding hydrogens is 304 g/mol. The highest BCUT2D eigenvalue weighted by molar-refractivity contribution is 5.93. The number of β-amino-alcohol motifs (C(OH)–C–C–N with tert-alkyl or cyclic N) is 1. The van der Waals surface area contributed by atoms with Gasteiger partial charge in [-0.25, -0.2) is 0 Å². The first kappa shape index (κ1) is 16.7. The molecule has 1 atom stereocenters. The van der Waals surface area contributed by atoms with Gasteiger partial charge in [-0.3, -0.25) is 14.4 Å². The number of carbonyl (C=O) groups excluding carboxylic acids is 1. The van der Waals surface area contributed by atoms with Crippen molar-refractivity contribution < 1.29 is 9.90 Å². The molecule has 0 radical (unpaired) electrons. The fourth-order valence-corrected chi connectivity index (χ4v) is 3.04. The molecule has 6 heteroatoms. The van der Waals surface area contributed by atoms with Crippen LogP contribution in [0.2, 0.25) is 0 Å². The zero-order chi connectivity index (χ0) is 16.9. The molecule has 3 rings (SSSR count). The lowest BCUT2D eigenvalue weighted by Gasteiger charge is -2.30. The minimum Gasteiger partial charge on any atom is -0.390 e. The van der Waals surface area contributed by atoms with Crippen molar-refractivity contribution in [2.45, 2.75) is 32.5 Å². The van der Waals surface area contributed by atoms with Gasteiger partial charge in [0.25, 0.3) is 5.91 Å². The summed E-state index contributed by atoms with van der Waals surface area (Å²) >= 11 is 0. The van der Waals surface area contributed by atoms with Crippen molar-refractivity contribution in [2.24, 2.45) is 0 Å². The van der Waals surface area contributed by atoms with E-state index in [2.05, 4.69) is 39.6 Å². The van der Waals surface area contributed by atoms with E-state index in [0.717, 1.165) is 26.1 Å². The lowest BCUT2D eigenvalue weighted by Crippen LogP contribution is -2.42. The number of hydrogen-bond donors (Lipinski definition) is 2. The summed E-state index contributed by atoms with van der Waals surface area (Å²) in [6.45, 7) is 5.29. The lowest BCUT2D eigenvalue weighted by molar-refractivity contribution is 0.0842. The Labute approximate surface area is 142 Å². The predicted octanol–water partition coefficient (Wildman–Crippen LogP) is 1.05. The Morgan fingerprint density at radius 3 is 2.92 bits per heavy atom. The second-order valence-electron chi connectivity index (χ2n) is 6.20. The Morgan fingerprint density at radius 2 is 2.17 bits per heavy atom. The Morgan fingerprint density at radius 1 is 1.38 bits per heavy atom. The average molecular weight is 328 g/mol. The summed E-state index contributed by atoms with van der Waals surface area (Å²) < 4.78 is 1.70. The van der Waals surface area contributed by atoms with Crippen molar-refractivity contribution in [1.82, 2.24) is 20.0 Å². The Hall–Kier alpha value is -2.18. The molecule has 6 nitrogen and oxygen atoms in total. The van der Waals surface area contributed by atoms with Gasteiger partial charge in [0, 0.05) is 38.9 Å². The molecule has 1 aromatic heterocycles. The summed E-state index contributed by atoms with van der Waals surface area (Å²) in [5, 5.41) is 17.1. The number of aromatic nitrogens is 2. The van der Waals surface area contributed by atoms with E-state index in [0.29, 0.717) is 12.1 Å². The van der Waals surface area contributed by atoms with Crippen molar-refractivity contribution in [2.75, 3.05) is 19.6 Å². The zero-order valence-corrected chi connectivity index (χ0v) is 14.0. The van der Waals surface area contributed by atoms with Crippen LogP contribution in [0.3, 0.4) is 0 Å². The zero-order valence-electron chi connectivity index (χ0n) is 14.0. The first-order chi connectivity index (χ1) is 11.7. The summed E-state index contributed by atoms with van der Waals surface area (Å²) in [5.41, 5.74) is 3.24. The van der Waals surface area contributed by atoms with Gasteiger partial charge in [0.15, 0.2) is 0 Å². The van der Waals surface area contributed by atoms with Crippen molar-refractivity contribution >= 4 is 5.91 Å². The molecule has 1 aromatic carbocycles. The monoisotopic (exact) mass is 328 g/mol. The largest absolute Gasteiger partial charge is 0.390 e. The van der Waals surface area contributed by atoms with Gasteiger partial charge in [0.2, 0.25) is 0 Å². The van der Waals surface area contributed by atoms with Gasteiger partial charge >= 0.3 is 0 Å². The number of fused-ring (bicyclic) bond motifs is 1. The topological polar surface area (TPSA) is 70.4 Å². The van der Waals surface area contributed by atoms with Gasteiger partial charge in [-0.05, 0) is 24.5 Å². The van der Waals surface area contributed by atoms with Gasteiger partial charge in [-0.2, -0.15) is 5.10 Å². The number of amides is 1. The van der Waals surface area contributed by atoms with Crippen LogP contribution < -0.4 is 5.32 Å². The normalized spacial score (nSPS) is 15.8. The standard InChI is InChI=1S/C18H24N4O2/c1-2-22-12-16(9-20-22)18(24)19-10-17(23)13-21-8-7-14-5-3-4-6-15(14)11-21/h3-6,9,12,17,23H,2,7-8,10-11,13H2,1H3,(H,19,24). The first-order valence-electron chi connectivity index (χ1n) is 8.43. The fraction of sp³-hybridized carbons (Fsp3) is 0.444. The average Bonchev–Trinajstić information content (AvgIpc) is 3.09. The molecule has 0 aliphatic carbocycles. The van der Waals surface area contributed by atoms with E-state index < -0.39 is 6.10 Å². The van der Waals surface area contributed by atoms with Gasteiger partial charge in [-0.15, -0.1) is 0 Å². The molecule has 2 heterocycles. The maximum Gasteiger partial charge on any atom is 0.254 e. The van der Waals surface area contributed by atoms with Crippen LogP contribution in [0, 0.1) is 0 Å². The quantitative estimate of drug-likeness (QED) is 0.832. The Kier molecular flexibility index (Phi) is 5.27. The maximum atomic E-state index is 12.0. The highest BCUT2D eigenvalue weighted by Gasteiger charge is 2.19. The van der Waals surface area contributed by atoms with Crippen LogP contribution >= 0.6 is 0 Å². The molecule has 0 bridgehead atoms. The molecule has 24 heavy (non-hydrogen) atoms. The van der Waals surface area contributed by atoms with Crippen LogP contribution in [0.5, 0.6) is 0 Å². The second kappa shape index (κ2) is 7.59. The molecule has 1 amide bonds. The van der Waals surface area contributed by atoms with Crippen LogP contribution in [0.15, 0.2) is 36.7 Å². The molecule has 0 spiro atoms. The summed E-state index contributed by atoms with van der Waals surface area (Å²) in [6.07, 6.45) is 3.68. The van der Waals surface area contributed by atoms with Crippen molar-refractivity contribution in [3.05, 3.63) is 53.3 Å².